The molecule has 1 heterocycles. The Bertz CT molecular complexity index is 599. The molecular weight excluding hydrogens is 307 g/mol. The highest BCUT2D eigenvalue weighted by molar-refractivity contribution is 9.09. The van der Waals surface area contributed by atoms with Gasteiger partial charge in [0.2, 0.25) is 5.82 Å². The second kappa shape index (κ2) is 4.81. The highest BCUT2D eigenvalue weighted by Gasteiger charge is 2.16. The maximum absolute atomic E-state index is 13.2. The number of rotatable bonds is 3. The summed E-state index contributed by atoms with van der Waals surface area (Å²) in [6.45, 7) is 1.88. The molecule has 1 aromatic carbocycles. The van der Waals surface area contributed by atoms with Gasteiger partial charge in [0.15, 0.2) is 0 Å². The number of halogens is 2. The van der Waals surface area contributed by atoms with E-state index >= 15 is 0 Å². The molecule has 0 radical (unpaired) electrons. The van der Waals surface area contributed by atoms with Crippen LogP contribution in [0.4, 0.5) is 10.1 Å². The van der Waals surface area contributed by atoms with Crippen LogP contribution in [-0.4, -0.2) is 19.9 Å². The molecule has 1 atom stereocenters. The van der Waals surface area contributed by atoms with Gasteiger partial charge < -0.3 is 0 Å². The number of nitro groups is 1. The van der Waals surface area contributed by atoms with Crippen LogP contribution in [0.5, 0.6) is 0 Å². The molecule has 0 amide bonds. The third kappa shape index (κ3) is 2.37. The average molecular weight is 315 g/mol. The lowest BCUT2D eigenvalue weighted by Crippen LogP contribution is -1.98. The predicted octanol–water partition coefficient (Wildman–Crippen LogP) is 2.77. The van der Waals surface area contributed by atoms with E-state index in [1.807, 2.05) is 6.92 Å². The molecule has 0 bridgehead atoms. The molecule has 2 rings (SSSR count). The SMILES string of the molecule is CC(Br)c1cn(-c2ccc(F)c([N+](=O)[O-])c2)nn1. The van der Waals surface area contributed by atoms with Crippen molar-refractivity contribution < 1.29 is 9.31 Å². The van der Waals surface area contributed by atoms with Crippen molar-refractivity contribution in [3.05, 3.63) is 46.0 Å². The number of aromatic nitrogens is 3. The molecule has 0 saturated heterocycles. The summed E-state index contributed by atoms with van der Waals surface area (Å²) in [6, 6.07) is 3.55. The quantitative estimate of drug-likeness (QED) is 0.496. The molecule has 0 fully saturated rings. The van der Waals surface area contributed by atoms with Crippen molar-refractivity contribution >= 4 is 21.6 Å². The first kappa shape index (κ1) is 12.6. The van der Waals surface area contributed by atoms with E-state index in [1.165, 1.54) is 10.7 Å². The first-order chi connectivity index (χ1) is 8.49. The molecule has 0 spiro atoms. The van der Waals surface area contributed by atoms with Gasteiger partial charge in [-0.05, 0) is 19.1 Å². The van der Waals surface area contributed by atoms with Crippen LogP contribution in [0, 0.1) is 15.9 Å². The molecule has 0 aliphatic heterocycles. The minimum atomic E-state index is -0.877. The van der Waals surface area contributed by atoms with Crippen LogP contribution in [0.15, 0.2) is 24.4 Å². The maximum Gasteiger partial charge on any atom is 0.306 e. The zero-order valence-electron chi connectivity index (χ0n) is 9.25. The maximum atomic E-state index is 13.2. The zero-order valence-corrected chi connectivity index (χ0v) is 10.8. The van der Waals surface area contributed by atoms with E-state index in [1.54, 1.807) is 6.20 Å². The summed E-state index contributed by atoms with van der Waals surface area (Å²) in [4.78, 5) is 9.87. The van der Waals surface area contributed by atoms with Crippen molar-refractivity contribution in [3.8, 4) is 5.69 Å². The fourth-order valence-corrected chi connectivity index (χ4v) is 1.58. The van der Waals surface area contributed by atoms with Crippen LogP contribution in [0.3, 0.4) is 0 Å². The highest BCUT2D eigenvalue weighted by atomic mass is 79.9. The number of nitrogens with zero attached hydrogens (tertiary/aromatic N) is 4. The molecule has 2 aromatic rings. The van der Waals surface area contributed by atoms with Gasteiger partial charge in [0, 0.05) is 6.07 Å². The summed E-state index contributed by atoms with van der Waals surface area (Å²) in [5, 5.41) is 18.4. The fraction of sp³-hybridized carbons (Fsp3) is 0.200. The van der Waals surface area contributed by atoms with Gasteiger partial charge in [-0.25, -0.2) is 4.68 Å². The zero-order chi connectivity index (χ0) is 13.3. The fourth-order valence-electron chi connectivity index (χ4n) is 1.37. The lowest BCUT2D eigenvalue weighted by atomic mass is 10.2. The lowest BCUT2D eigenvalue weighted by Gasteiger charge is -2.00. The Hall–Kier alpha value is -1.83. The summed E-state index contributed by atoms with van der Waals surface area (Å²) in [7, 11) is 0. The van der Waals surface area contributed by atoms with Crippen molar-refractivity contribution in [3.63, 3.8) is 0 Å². The number of benzene rings is 1. The molecule has 0 saturated carbocycles. The summed E-state index contributed by atoms with van der Waals surface area (Å²) >= 11 is 3.33. The Labute approximate surface area is 110 Å². The minimum Gasteiger partial charge on any atom is -0.258 e. The molecule has 1 unspecified atom stereocenters. The minimum absolute atomic E-state index is 0.0154. The molecule has 18 heavy (non-hydrogen) atoms. The number of nitro benzene ring substituents is 1. The topological polar surface area (TPSA) is 73.8 Å². The van der Waals surface area contributed by atoms with Gasteiger partial charge in [-0.15, -0.1) is 5.10 Å². The largest absolute Gasteiger partial charge is 0.306 e. The van der Waals surface area contributed by atoms with Crippen molar-refractivity contribution in [2.75, 3.05) is 0 Å². The van der Waals surface area contributed by atoms with Gasteiger partial charge in [0.05, 0.1) is 27.3 Å². The van der Waals surface area contributed by atoms with Crippen LogP contribution in [0.25, 0.3) is 5.69 Å². The van der Waals surface area contributed by atoms with Gasteiger partial charge >= 0.3 is 5.69 Å². The smallest absolute Gasteiger partial charge is 0.258 e. The molecule has 1 aromatic heterocycles. The molecule has 8 heteroatoms. The third-order valence-corrected chi connectivity index (χ3v) is 2.78. The van der Waals surface area contributed by atoms with Gasteiger partial charge in [0.1, 0.15) is 0 Å². The predicted molar refractivity (Wildman–Crippen MR) is 65.3 cm³/mol. The normalized spacial score (nSPS) is 12.4. The van der Waals surface area contributed by atoms with Crippen molar-refractivity contribution in [1.29, 1.82) is 0 Å². The van der Waals surface area contributed by atoms with E-state index < -0.39 is 16.4 Å². The first-order valence-corrected chi connectivity index (χ1v) is 5.91. The Balaban J connectivity index is 2.44. The van der Waals surface area contributed by atoms with Crippen molar-refractivity contribution in [1.82, 2.24) is 15.0 Å². The van der Waals surface area contributed by atoms with E-state index in [2.05, 4.69) is 26.2 Å². The Morgan fingerprint density at radius 2 is 2.28 bits per heavy atom. The van der Waals surface area contributed by atoms with Gasteiger partial charge in [-0.3, -0.25) is 10.1 Å². The first-order valence-electron chi connectivity index (χ1n) is 4.99. The molecule has 0 aliphatic carbocycles. The van der Waals surface area contributed by atoms with E-state index in [9.17, 15) is 14.5 Å². The van der Waals surface area contributed by atoms with Crippen LogP contribution < -0.4 is 0 Å². The Kier molecular flexibility index (Phi) is 3.37. The Morgan fingerprint density at radius 1 is 1.56 bits per heavy atom. The summed E-state index contributed by atoms with van der Waals surface area (Å²) in [5.41, 5.74) is 0.480. The molecular formula is C10H8BrFN4O2. The van der Waals surface area contributed by atoms with Crippen molar-refractivity contribution in [2.45, 2.75) is 11.8 Å². The summed E-state index contributed by atoms with van der Waals surface area (Å²) < 4.78 is 14.5. The van der Waals surface area contributed by atoms with Crippen LogP contribution in [0.2, 0.25) is 0 Å². The van der Waals surface area contributed by atoms with Crippen LogP contribution in [-0.2, 0) is 0 Å². The second-order valence-corrected chi connectivity index (χ2v) is 4.97. The van der Waals surface area contributed by atoms with Crippen molar-refractivity contribution in [2.24, 2.45) is 0 Å². The van der Waals surface area contributed by atoms with E-state index in [0.29, 0.717) is 11.4 Å². The van der Waals surface area contributed by atoms with E-state index in [4.69, 9.17) is 0 Å². The van der Waals surface area contributed by atoms with Crippen LogP contribution in [0.1, 0.15) is 17.4 Å². The summed E-state index contributed by atoms with van der Waals surface area (Å²) in [6.07, 6.45) is 1.62. The molecule has 0 aliphatic rings. The molecule has 0 N–H and O–H groups in total. The standard InChI is InChI=1S/C10H8BrFN4O2/c1-6(11)9-5-15(14-13-9)7-2-3-8(12)10(4-7)16(17)18/h2-6H,1H3. The monoisotopic (exact) mass is 314 g/mol. The van der Waals surface area contributed by atoms with Gasteiger partial charge in [0.25, 0.3) is 0 Å². The average Bonchev–Trinajstić information content (AvgIpc) is 2.78. The lowest BCUT2D eigenvalue weighted by molar-refractivity contribution is -0.387. The number of alkyl halides is 1. The second-order valence-electron chi connectivity index (χ2n) is 3.60. The summed E-state index contributed by atoms with van der Waals surface area (Å²) in [5.74, 6) is -0.877. The van der Waals surface area contributed by atoms with Crippen LogP contribution >= 0.6 is 15.9 Å². The van der Waals surface area contributed by atoms with E-state index in [-0.39, 0.29) is 4.83 Å². The molecule has 94 valence electrons. The number of hydrogen-bond donors (Lipinski definition) is 0. The third-order valence-electron chi connectivity index (χ3n) is 2.31. The van der Waals surface area contributed by atoms with Gasteiger partial charge in [-0.2, -0.15) is 4.39 Å². The Morgan fingerprint density at radius 3 is 2.83 bits per heavy atom. The highest BCUT2D eigenvalue weighted by Crippen LogP contribution is 2.23. The number of hydrogen-bond acceptors (Lipinski definition) is 4. The van der Waals surface area contributed by atoms with E-state index in [0.717, 1.165) is 12.1 Å². The molecule has 6 nitrogen and oxygen atoms in total. The van der Waals surface area contributed by atoms with Gasteiger partial charge in [-0.1, -0.05) is 21.1 Å².